The summed E-state index contributed by atoms with van der Waals surface area (Å²) in [6.07, 6.45) is 2.44. The van der Waals surface area contributed by atoms with Crippen molar-refractivity contribution in [3.8, 4) is 0 Å². The van der Waals surface area contributed by atoms with Gasteiger partial charge in [-0.3, -0.25) is 4.79 Å². The molecular formula is C18H30N2O3. The summed E-state index contributed by atoms with van der Waals surface area (Å²) in [5.74, 6) is 1.41. The molecule has 1 aliphatic rings. The van der Waals surface area contributed by atoms with Crippen LogP contribution in [0.5, 0.6) is 0 Å². The molecule has 0 unspecified atom stereocenters. The predicted molar refractivity (Wildman–Crippen MR) is 88.8 cm³/mol. The second-order valence-corrected chi connectivity index (χ2v) is 8.53. The third-order valence-electron chi connectivity index (χ3n) is 4.85. The number of nitrogens with one attached hydrogen (secondary N) is 1. The third kappa shape index (κ3) is 4.56. The van der Waals surface area contributed by atoms with Gasteiger partial charge in [-0.1, -0.05) is 39.8 Å². The van der Waals surface area contributed by atoms with Gasteiger partial charge in [0, 0.05) is 25.6 Å². The summed E-state index contributed by atoms with van der Waals surface area (Å²) in [5.41, 5.74) is 1.07. The van der Waals surface area contributed by atoms with E-state index in [0.717, 1.165) is 24.3 Å². The van der Waals surface area contributed by atoms with Gasteiger partial charge in [0.15, 0.2) is 5.76 Å². The first kappa shape index (κ1) is 18.0. The van der Waals surface area contributed by atoms with Gasteiger partial charge in [0.2, 0.25) is 5.91 Å². The van der Waals surface area contributed by atoms with Gasteiger partial charge in [0.1, 0.15) is 6.61 Å². The lowest BCUT2D eigenvalue weighted by Gasteiger charge is -2.52. The second kappa shape index (κ2) is 6.63. The maximum Gasteiger partial charge on any atom is 0.220 e. The zero-order valence-electron chi connectivity index (χ0n) is 15.2. The molecule has 5 heteroatoms. The van der Waals surface area contributed by atoms with E-state index < -0.39 is 0 Å². The topological polar surface area (TPSA) is 64.4 Å². The number of aromatic nitrogens is 1. The fourth-order valence-corrected chi connectivity index (χ4v) is 3.25. The Bertz CT molecular complexity index is 543. The molecule has 1 heterocycles. The third-order valence-corrected chi connectivity index (χ3v) is 4.85. The average Bonchev–Trinajstić information content (AvgIpc) is 2.83. The average molecular weight is 322 g/mol. The molecule has 23 heavy (non-hydrogen) atoms. The fraction of sp³-hybridized carbons (Fsp3) is 0.778. The fourth-order valence-electron chi connectivity index (χ4n) is 3.25. The van der Waals surface area contributed by atoms with Crippen molar-refractivity contribution >= 4 is 5.91 Å². The summed E-state index contributed by atoms with van der Waals surface area (Å²) in [5, 5.41) is 7.32. The molecule has 1 aliphatic carbocycles. The number of carbonyl (C=O) groups is 1. The predicted octanol–water partition coefficient (Wildman–Crippen LogP) is 3.33. The first-order valence-electron chi connectivity index (χ1n) is 8.34. The minimum Gasteiger partial charge on any atom is -0.377 e. The van der Waals surface area contributed by atoms with Gasteiger partial charge in [-0.15, -0.1) is 0 Å². The van der Waals surface area contributed by atoms with E-state index in [1.165, 1.54) is 0 Å². The maximum atomic E-state index is 12.1. The number of ether oxygens (including phenoxy) is 1. The van der Waals surface area contributed by atoms with E-state index in [4.69, 9.17) is 9.26 Å². The molecule has 5 nitrogen and oxygen atoms in total. The van der Waals surface area contributed by atoms with Crippen molar-refractivity contribution in [3.05, 3.63) is 17.5 Å². The van der Waals surface area contributed by atoms with Crippen molar-refractivity contribution in [2.75, 3.05) is 7.11 Å². The zero-order valence-corrected chi connectivity index (χ0v) is 15.2. The van der Waals surface area contributed by atoms with Crippen LogP contribution < -0.4 is 5.32 Å². The van der Waals surface area contributed by atoms with Crippen LogP contribution in [0.2, 0.25) is 0 Å². The monoisotopic (exact) mass is 322 g/mol. The minimum absolute atomic E-state index is 0.0236. The minimum atomic E-state index is 0.0236. The van der Waals surface area contributed by atoms with Crippen LogP contribution in [0.15, 0.2) is 10.6 Å². The molecule has 130 valence electrons. The normalized spacial score (nSPS) is 23.4. The number of rotatable bonds is 6. The van der Waals surface area contributed by atoms with Crippen LogP contribution in [-0.2, 0) is 22.6 Å². The number of amides is 1. The van der Waals surface area contributed by atoms with Crippen LogP contribution in [0.3, 0.4) is 0 Å². The summed E-state index contributed by atoms with van der Waals surface area (Å²) in [6.45, 7) is 11.2. The molecule has 2 atom stereocenters. The number of hydrogen-bond donors (Lipinski definition) is 1. The highest BCUT2D eigenvalue weighted by atomic mass is 16.5. The molecule has 0 aromatic carbocycles. The highest BCUT2D eigenvalue weighted by Crippen LogP contribution is 2.47. The van der Waals surface area contributed by atoms with E-state index in [2.05, 4.69) is 45.1 Å². The molecule has 0 spiro atoms. The Kier molecular flexibility index (Phi) is 5.19. The Morgan fingerprint density at radius 3 is 2.74 bits per heavy atom. The molecule has 1 N–H and O–H groups in total. The highest BCUT2D eigenvalue weighted by molar-refractivity contribution is 5.77. The number of carbonyl (C=O) groups excluding carboxylic acids is 1. The Morgan fingerprint density at radius 1 is 1.48 bits per heavy atom. The summed E-state index contributed by atoms with van der Waals surface area (Å²) in [4.78, 5) is 12.1. The van der Waals surface area contributed by atoms with E-state index in [9.17, 15) is 4.79 Å². The summed E-state index contributed by atoms with van der Waals surface area (Å²) in [7, 11) is 1.64. The highest BCUT2D eigenvalue weighted by Gasteiger charge is 2.48. The van der Waals surface area contributed by atoms with E-state index in [0.29, 0.717) is 18.9 Å². The van der Waals surface area contributed by atoms with E-state index in [-0.39, 0.29) is 22.8 Å². The van der Waals surface area contributed by atoms with Crippen molar-refractivity contribution in [1.82, 2.24) is 10.5 Å². The van der Waals surface area contributed by atoms with Gasteiger partial charge in [0.05, 0.1) is 5.69 Å². The van der Waals surface area contributed by atoms with Crippen molar-refractivity contribution in [2.45, 2.75) is 66.5 Å². The summed E-state index contributed by atoms with van der Waals surface area (Å²) < 4.78 is 10.3. The van der Waals surface area contributed by atoms with E-state index in [1.807, 2.05) is 6.07 Å². The smallest absolute Gasteiger partial charge is 0.220 e. The van der Waals surface area contributed by atoms with Crippen molar-refractivity contribution in [1.29, 1.82) is 0 Å². The molecule has 1 fully saturated rings. The first-order valence-corrected chi connectivity index (χ1v) is 8.34. The SMILES string of the molecule is COCc1cc(C[C@@H]2C[C@H](NC(=O)CC(C)(C)C)C2(C)C)no1. The zero-order chi connectivity index (χ0) is 17.3. The molecule has 1 amide bonds. The molecule has 1 aromatic rings. The van der Waals surface area contributed by atoms with Gasteiger partial charge >= 0.3 is 0 Å². The van der Waals surface area contributed by atoms with E-state index in [1.54, 1.807) is 7.11 Å². The van der Waals surface area contributed by atoms with Gasteiger partial charge in [0.25, 0.3) is 0 Å². The lowest BCUT2D eigenvalue weighted by molar-refractivity contribution is -0.127. The van der Waals surface area contributed by atoms with Gasteiger partial charge < -0.3 is 14.6 Å². The Balaban J connectivity index is 1.86. The molecule has 0 radical (unpaired) electrons. The van der Waals surface area contributed by atoms with Crippen LogP contribution in [0.1, 0.15) is 58.9 Å². The second-order valence-electron chi connectivity index (χ2n) is 8.53. The Hall–Kier alpha value is -1.36. The lowest BCUT2D eigenvalue weighted by atomic mass is 9.57. The van der Waals surface area contributed by atoms with Gasteiger partial charge in [-0.2, -0.15) is 0 Å². The number of hydrogen-bond acceptors (Lipinski definition) is 4. The molecule has 1 aromatic heterocycles. The maximum absolute atomic E-state index is 12.1. The molecule has 0 aliphatic heterocycles. The van der Waals surface area contributed by atoms with Crippen LogP contribution in [0.4, 0.5) is 0 Å². The summed E-state index contributed by atoms with van der Waals surface area (Å²) in [6, 6.07) is 2.21. The van der Waals surface area contributed by atoms with E-state index >= 15 is 0 Å². The van der Waals surface area contributed by atoms with Gasteiger partial charge in [-0.05, 0) is 29.6 Å². The van der Waals surface area contributed by atoms with Crippen molar-refractivity contribution in [2.24, 2.45) is 16.7 Å². The number of nitrogens with zero attached hydrogens (tertiary/aromatic N) is 1. The molecular weight excluding hydrogens is 292 g/mol. The lowest BCUT2D eigenvalue weighted by Crippen LogP contribution is -2.59. The quantitative estimate of drug-likeness (QED) is 0.872. The Morgan fingerprint density at radius 2 is 2.17 bits per heavy atom. The molecule has 0 saturated heterocycles. The number of methoxy groups -OCH3 is 1. The van der Waals surface area contributed by atoms with Gasteiger partial charge in [-0.25, -0.2) is 0 Å². The van der Waals surface area contributed by atoms with Crippen LogP contribution in [-0.4, -0.2) is 24.2 Å². The summed E-state index contributed by atoms with van der Waals surface area (Å²) >= 11 is 0. The van der Waals surface area contributed by atoms with Crippen molar-refractivity contribution < 1.29 is 14.1 Å². The molecule has 0 bridgehead atoms. The van der Waals surface area contributed by atoms with Crippen LogP contribution in [0, 0.1) is 16.7 Å². The van der Waals surface area contributed by atoms with Crippen molar-refractivity contribution in [3.63, 3.8) is 0 Å². The molecule has 1 saturated carbocycles. The first-order chi connectivity index (χ1) is 10.6. The van der Waals surface area contributed by atoms with Crippen LogP contribution >= 0.6 is 0 Å². The Labute approximate surface area is 139 Å². The standard InChI is InChI=1S/C18H30N2O3/c1-17(2,3)10-16(21)19-15-8-12(18(15,4)5)7-13-9-14(11-22-6)23-20-13/h9,12,15H,7-8,10-11H2,1-6H3,(H,19,21)/t12-,15+/m1/s1. The largest absolute Gasteiger partial charge is 0.377 e. The van der Waals surface area contributed by atoms with Crippen LogP contribution in [0.25, 0.3) is 0 Å². The molecule has 2 rings (SSSR count).